The SMILES string of the molecule is CCc1ccccc1N1CC(C(=O)Nc2cc(C)nn2-c2ccc(F)cc2)CC1=O. The monoisotopic (exact) mass is 406 g/mol. The van der Waals surface area contributed by atoms with E-state index in [1.807, 2.05) is 38.1 Å². The molecule has 1 aliphatic rings. The summed E-state index contributed by atoms with van der Waals surface area (Å²) in [5.41, 5.74) is 3.31. The van der Waals surface area contributed by atoms with E-state index in [2.05, 4.69) is 10.4 Å². The normalized spacial score (nSPS) is 16.2. The van der Waals surface area contributed by atoms with E-state index in [4.69, 9.17) is 0 Å². The van der Waals surface area contributed by atoms with Crippen molar-refractivity contribution < 1.29 is 14.0 Å². The Hall–Kier alpha value is -3.48. The topological polar surface area (TPSA) is 67.2 Å². The van der Waals surface area contributed by atoms with Gasteiger partial charge >= 0.3 is 0 Å². The molecule has 7 heteroatoms. The van der Waals surface area contributed by atoms with Crippen LogP contribution in [0.3, 0.4) is 0 Å². The van der Waals surface area contributed by atoms with Crippen molar-refractivity contribution in [2.45, 2.75) is 26.7 Å². The molecule has 3 aromatic rings. The molecule has 30 heavy (non-hydrogen) atoms. The van der Waals surface area contributed by atoms with Crippen LogP contribution in [0.5, 0.6) is 0 Å². The van der Waals surface area contributed by atoms with Crippen LogP contribution in [-0.2, 0) is 16.0 Å². The van der Waals surface area contributed by atoms with Crippen LogP contribution >= 0.6 is 0 Å². The highest BCUT2D eigenvalue weighted by Crippen LogP contribution is 2.29. The third kappa shape index (κ3) is 3.83. The van der Waals surface area contributed by atoms with Gasteiger partial charge in [0.25, 0.3) is 0 Å². The first kappa shape index (κ1) is 19.8. The van der Waals surface area contributed by atoms with Crippen LogP contribution in [0.2, 0.25) is 0 Å². The molecular formula is C23H23FN4O2. The first-order valence-electron chi connectivity index (χ1n) is 9.98. The molecule has 1 N–H and O–H groups in total. The fraction of sp³-hybridized carbons (Fsp3) is 0.261. The molecule has 154 valence electrons. The minimum absolute atomic E-state index is 0.0562. The highest BCUT2D eigenvalue weighted by atomic mass is 19.1. The van der Waals surface area contributed by atoms with Crippen LogP contribution in [0.4, 0.5) is 15.9 Å². The first-order valence-corrected chi connectivity index (χ1v) is 9.98. The van der Waals surface area contributed by atoms with E-state index in [1.54, 1.807) is 27.8 Å². The molecule has 1 aromatic heterocycles. The van der Waals surface area contributed by atoms with Crippen LogP contribution in [0.1, 0.15) is 24.6 Å². The van der Waals surface area contributed by atoms with Crippen molar-refractivity contribution in [1.82, 2.24) is 9.78 Å². The number of hydrogen-bond acceptors (Lipinski definition) is 3. The Morgan fingerprint density at radius 3 is 2.67 bits per heavy atom. The predicted molar refractivity (Wildman–Crippen MR) is 113 cm³/mol. The van der Waals surface area contributed by atoms with Crippen molar-refractivity contribution >= 4 is 23.3 Å². The van der Waals surface area contributed by atoms with Crippen molar-refractivity contribution in [2.24, 2.45) is 5.92 Å². The molecule has 2 amide bonds. The number of carbonyl (C=O) groups excluding carboxylic acids is 2. The number of aromatic nitrogens is 2. The summed E-state index contributed by atoms with van der Waals surface area (Å²) in [6, 6.07) is 15.4. The van der Waals surface area contributed by atoms with Crippen LogP contribution in [0.25, 0.3) is 5.69 Å². The molecule has 1 saturated heterocycles. The summed E-state index contributed by atoms with van der Waals surface area (Å²) < 4.78 is 14.8. The minimum atomic E-state index is -0.459. The van der Waals surface area contributed by atoms with Gasteiger partial charge in [0, 0.05) is 24.7 Å². The Morgan fingerprint density at radius 2 is 1.93 bits per heavy atom. The summed E-state index contributed by atoms with van der Waals surface area (Å²) >= 11 is 0. The number of nitrogens with zero attached hydrogens (tertiary/aromatic N) is 3. The maximum absolute atomic E-state index is 13.3. The van der Waals surface area contributed by atoms with Crippen molar-refractivity contribution in [3.05, 3.63) is 71.7 Å². The van der Waals surface area contributed by atoms with Crippen LogP contribution in [0, 0.1) is 18.7 Å². The minimum Gasteiger partial charge on any atom is -0.311 e. The van der Waals surface area contributed by atoms with Gasteiger partial charge in [-0.15, -0.1) is 0 Å². The molecular weight excluding hydrogens is 383 g/mol. The zero-order valence-electron chi connectivity index (χ0n) is 16.9. The molecule has 0 aliphatic carbocycles. The van der Waals surface area contributed by atoms with E-state index in [-0.39, 0.29) is 24.1 Å². The van der Waals surface area contributed by atoms with Gasteiger partial charge in [-0.05, 0) is 49.2 Å². The summed E-state index contributed by atoms with van der Waals surface area (Å²) in [5.74, 6) is -0.601. The Kier molecular flexibility index (Phi) is 5.35. The third-order valence-corrected chi connectivity index (χ3v) is 5.31. The summed E-state index contributed by atoms with van der Waals surface area (Å²) in [4.78, 5) is 27.3. The summed E-state index contributed by atoms with van der Waals surface area (Å²) in [6.07, 6.45) is 0.973. The van der Waals surface area contributed by atoms with Crippen LogP contribution < -0.4 is 10.2 Å². The molecule has 1 aliphatic heterocycles. The Bertz CT molecular complexity index is 1090. The van der Waals surface area contributed by atoms with Crippen molar-refractivity contribution in [2.75, 3.05) is 16.8 Å². The second-order valence-electron chi connectivity index (χ2n) is 7.44. The van der Waals surface area contributed by atoms with E-state index >= 15 is 0 Å². The lowest BCUT2D eigenvalue weighted by Gasteiger charge is -2.20. The Labute approximate surface area is 174 Å². The molecule has 2 heterocycles. The zero-order valence-corrected chi connectivity index (χ0v) is 16.9. The number of amides is 2. The smallest absolute Gasteiger partial charge is 0.230 e. The molecule has 1 atom stereocenters. The zero-order chi connectivity index (χ0) is 21.3. The molecule has 1 fully saturated rings. The summed E-state index contributed by atoms with van der Waals surface area (Å²) in [6.45, 7) is 4.20. The average molecular weight is 406 g/mol. The van der Waals surface area contributed by atoms with Gasteiger partial charge in [-0.2, -0.15) is 5.10 Å². The molecule has 0 radical (unpaired) electrons. The quantitative estimate of drug-likeness (QED) is 0.699. The lowest BCUT2D eigenvalue weighted by Crippen LogP contribution is -2.29. The van der Waals surface area contributed by atoms with Gasteiger partial charge in [0.2, 0.25) is 11.8 Å². The molecule has 6 nitrogen and oxygen atoms in total. The van der Waals surface area contributed by atoms with Gasteiger partial charge in [-0.1, -0.05) is 25.1 Å². The number of para-hydroxylation sites is 1. The summed E-state index contributed by atoms with van der Waals surface area (Å²) in [7, 11) is 0. The maximum atomic E-state index is 13.3. The first-order chi connectivity index (χ1) is 14.5. The fourth-order valence-electron chi connectivity index (χ4n) is 3.79. The number of aryl methyl sites for hydroxylation is 2. The maximum Gasteiger partial charge on any atom is 0.230 e. The molecule has 0 bridgehead atoms. The number of rotatable bonds is 5. The van der Waals surface area contributed by atoms with Crippen LogP contribution in [-0.4, -0.2) is 28.1 Å². The van der Waals surface area contributed by atoms with Crippen molar-refractivity contribution in [3.8, 4) is 5.69 Å². The number of nitrogens with one attached hydrogen (secondary N) is 1. The molecule has 2 aromatic carbocycles. The van der Waals surface area contributed by atoms with Gasteiger partial charge < -0.3 is 10.2 Å². The second-order valence-corrected chi connectivity index (χ2v) is 7.44. The predicted octanol–water partition coefficient (Wildman–Crippen LogP) is 3.87. The van der Waals surface area contributed by atoms with E-state index in [1.165, 1.54) is 12.1 Å². The fourth-order valence-corrected chi connectivity index (χ4v) is 3.79. The highest BCUT2D eigenvalue weighted by molar-refractivity contribution is 6.03. The lowest BCUT2D eigenvalue weighted by molar-refractivity contribution is -0.122. The largest absolute Gasteiger partial charge is 0.311 e. The third-order valence-electron chi connectivity index (χ3n) is 5.31. The molecule has 1 unspecified atom stereocenters. The van der Waals surface area contributed by atoms with Crippen molar-refractivity contribution in [3.63, 3.8) is 0 Å². The van der Waals surface area contributed by atoms with Gasteiger partial charge in [-0.3, -0.25) is 9.59 Å². The van der Waals surface area contributed by atoms with Gasteiger partial charge in [0.1, 0.15) is 11.6 Å². The number of carbonyl (C=O) groups is 2. The number of anilines is 2. The van der Waals surface area contributed by atoms with Gasteiger partial charge in [0.05, 0.1) is 17.3 Å². The van der Waals surface area contributed by atoms with Gasteiger partial charge in [-0.25, -0.2) is 9.07 Å². The van der Waals surface area contributed by atoms with E-state index in [0.717, 1.165) is 23.4 Å². The molecule has 0 saturated carbocycles. The summed E-state index contributed by atoms with van der Waals surface area (Å²) in [5, 5.41) is 7.29. The van der Waals surface area contributed by atoms with E-state index in [0.29, 0.717) is 18.1 Å². The molecule has 0 spiro atoms. The number of benzene rings is 2. The lowest BCUT2D eigenvalue weighted by atomic mass is 10.1. The Balaban J connectivity index is 1.53. The standard InChI is InChI=1S/C23H23FN4O2/c1-3-16-6-4-5-7-20(16)27-14-17(13-22(27)29)23(30)25-21-12-15(2)26-28(21)19-10-8-18(24)9-11-19/h4-12,17H,3,13-14H2,1-2H3,(H,25,30). The van der Waals surface area contributed by atoms with E-state index < -0.39 is 5.92 Å². The average Bonchev–Trinajstić information content (AvgIpc) is 3.31. The second kappa shape index (κ2) is 8.10. The van der Waals surface area contributed by atoms with E-state index in [9.17, 15) is 14.0 Å². The van der Waals surface area contributed by atoms with Crippen LogP contribution in [0.15, 0.2) is 54.6 Å². The molecule has 4 rings (SSSR count). The number of halogens is 1. The number of hydrogen-bond donors (Lipinski definition) is 1. The Morgan fingerprint density at radius 1 is 1.20 bits per heavy atom. The highest BCUT2D eigenvalue weighted by Gasteiger charge is 2.36. The van der Waals surface area contributed by atoms with Crippen molar-refractivity contribution in [1.29, 1.82) is 0 Å². The van der Waals surface area contributed by atoms with Gasteiger partial charge in [0.15, 0.2) is 0 Å².